The molecule has 70 valence electrons. The minimum absolute atomic E-state index is 0.156. The summed E-state index contributed by atoms with van der Waals surface area (Å²) < 4.78 is 0. The number of aliphatic hydroxyl groups is 1. The molecule has 0 amide bonds. The summed E-state index contributed by atoms with van der Waals surface area (Å²) >= 11 is 5.96. The zero-order valence-electron chi connectivity index (χ0n) is 7.46. The molecule has 0 unspecified atom stereocenters. The average molecular weight is 197 g/mol. The molecule has 1 N–H and O–H groups in total. The van der Waals surface area contributed by atoms with Gasteiger partial charge in [-0.1, -0.05) is 42.0 Å². The SMILES string of the molecule is C=C(CCO)Cc1ccccc1Cl. The molecule has 0 heterocycles. The quantitative estimate of drug-likeness (QED) is 0.735. The minimum atomic E-state index is 0.156. The van der Waals surface area contributed by atoms with Gasteiger partial charge in [0.05, 0.1) is 0 Å². The molecule has 0 saturated heterocycles. The van der Waals surface area contributed by atoms with Crippen molar-refractivity contribution in [1.29, 1.82) is 0 Å². The van der Waals surface area contributed by atoms with Crippen LogP contribution in [-0.2, 0) is 6.42 Å². The van der Waals surface area contributed by atoms with Crippen molar-refractivity contribution in [2.75, 3.05) is 6.61 Å². The van der Waals surface area contributed by atoms with E-state index in [1.165, 1.54) is 0 Å². The van der Waals surface area contributed by atoms with Gasteiger partial charge in [-0.25, -0.2) is 0 Å². The molecule has 1 aromatic carbocycles. The number of halogens is 1. The second kappa shape index (κ2) is 5.05. The lowest BCUT2D eigenvalue weighted by atomic mass is 10.0. The fourth-order valence-corrected chi connectivity index (χ4v) is 1.36. The van der Waals surface area contributed by atoms with Crippen LogP contribution in [0.15, 0.2) is 36.4 Å². The van der Waals surface area contributed by atoms with Crippen LogP contribution in [0.5, 0.6) is 0 Å². The lowest BCUT2D eigenvalue weighted by molar-refractivity contribution is 0.298. The first-order valence-corrected chi connectivity index (χ1v) is 4.62. The highest BCUT2D eigenvalue weighted by Gasteiger charge is 2.00. The molecule has 0 aliphatic heterocycles. The smallest absolute Gasteiger partial charge is 0.0468 e. The van der Waals surface area contributed by atoms with Crippen LogP contribution in [-0.4, -0.2) is 11.7 Å². The van der Waals surface area contributed by atoms with Gasteiger partial charge in [-0.15, -0.1) is 0 Å². The van der Waals surface area contributed by atoms with Crippen molar-refractivity contribution in [3.63, 3.8) is 0 Å². The predicted molar refractivity (Wildman–Crippen MR) is 56.0 cm³/mol. The van der Waals surface area contributed by atoms with Crippen molar-refractivity contribution < 1.29 is 5.11 Å². The third-order valence-corrected chi connectivity index (χ3v) is 2.23. The molecule has 13 heavy (non-hydrogen) atoms. The first-order chi connectivity index (χ1) is 6.24. The normalized spacial score (nSPS) is 10.0. The molecule has 1 aromatic rings. The van der Waals surface area contributed by atoms with Crippen LogP contribution in [0.2, 0.25) is 5.02 Å². The second-order valence-corrected chi connectivity index (χ2v) is 3.40. The van der Waals surface area contributed by atoms with Crippen molar-refractivity contribution >= 4 is 11.6 Å². The topological polar surface area (TPSA) is 20.2 Å². The first kappa shape index (κ1) is 10.3. The lowest BCUT2D eigenvalue weighted by Crippen LogP contribution is -1.93. The lowest BCUT2D eigenvalue weighted by Gasteiger charge is -2.05. The molecule has 0 saturated carbocycles. The molecule has 0 aliphatic carbocycles. The number of rotatable bonds is 4. The van der Waals surface area contributed by atoms with E-state index in [0.717, 1.165) is 22.6 Å². The van der Waals surface area contributed by atoms with Gasteiger partial charge in [0, 0.05) is 11.6 Å². The fourth-order valence-electron chi connectivity index (χ4n) is 1.16. The molecule has 0 aromatic heterocycles. The van der Waals surface area contributed by atoms with Crippen LogP contribution in [0.1, 0.15) is 12.0 Å². The highest BCUT2D eigenvalue weighted by molar-refractivity contribution is 6.31. The van der Waals surface area contributed by atoms with Crippen LogP contribution < -0.4 is 0 Å². The van der Waals surface area contributed by atoms with E-state index < -0.39 is 0 Å². The zero-order chi connectivity index (χ0) is 9.68. The highest BCUT2D eigenvalue weighted by atomic mass is 35.5. The molecule has 0 bridgehead atoms. The predicted octanol–water partition coefficient (Wildman–Crippen LogP) is 2.82. The van der Waals surface area contributed by atoms with Gasteiger partial charge in [0.2, 0.25) is 0 Å². The third kappa shape index (κ3) is 3.21. The number of aliphatic hydroxyl groups excluding tert-OH is 1. The van der Waals surface area contributed by atoms with E-state index in [1.54, 1.807) is 0 Å². The first-order valence-electron chi connectivity index (χ1n) is 4.25. The summed E-state index contributed by atoms with van der Waals surface area (Å²) in [5.74, 6) is 0. The Morgan fingerprint density at radius 1 is 1.38 bits per heavy atom. The Labute approximate surface area is 83.7 Å². The van der Waals surface area contributed by atoms with Crippen molar-refractivity contribution in [2.45, 2.75) is 12.8 Å². The second-order valence-electron chi connectivity index (χ2n) is 2.99. The van der Waals surface area contributed by atoms with Gasteiger partial charge in [-0.3, -0.25) is 0 Å². The van der Waals surface area contributed by atoms with Crippen molar-refractivity contribution in [3.8, 4) is 0 Å². The molecular weight excluding hydrogens is 184 g/mol. The van der Waals surface area contributed by atoms with E-state index >= 15 is 0 Å². The van der Waals surface area contributed by atoms with E-state index in [9.17, 15) is 0 Å². The summed E-state index contributed by atoms with van der Waals surface area (Å²) in [6.45, 7) is 4.02. The van der Waals surface area contributed by atoms with Crippen molar-refractivity contribution in [2.24, 2.45) is 0 Å². The van der Waals surface area contributed by atoms with Crippen LogP contribution in [0.3, 0.4) is 0 Å². The maximum Gasteiger partial charge on any atom is 0.0468 e. The minimum Gasteiger partial charge on any atom is -0.396 e. The highest BCUT2D eigenvalue weighted by Crippen LogP contribution is 2.18. The van der Waals surface area contributed by atoms with Gasteiger partial charge in [0.1, 0.15) is 0 Å². The average Bonchev–Trinajstić information content (AvgIpc) is 2.09. The molecule has 0 atom stereocenters. The Kier molecular flexibility index (Phi) is 4.00. The maximum atomic E-state index is 8.69. The number of benzene rings is 1. The Balaban J connectivity index is 2.63. The summed E-state index contributed by atoms with van der Waals surface area (Å²) in [6.07, 6.45) is 1.39. The van der Waals surface area contributed by atoms with E-state index in [2.05, 4.69) is 6.58 Å². The monoisotopic (exact) mass is 196 g/mol. The molecule has 0 aliphatic rings. The molecule has 1 nitrogen and oxygen atoms in total. The van der Waals surface area contributed by atoms with Gasteiger partial charge in [0.25, 0.3) is 0 Å². The Hall–Kier alpha value is -0.790. The van der Waals surface area contributed by atoms with Crippen LogP contribution >= 0.6 is 11.6 Å². The van der Waals surface area contributed by atoms with Crippen LogP contribution in [0, 0.1) is 0 Å². The zero-order valence-corrected chi connectivity index (χ0v) is 8.22. The molecule has 0 spiro atoms. The summed E-state index contributed by atoms with van der Waals surface area (Å²) in [4.78, 5) is 0. The van der Waals surface area contributed by atoms with Crippen LogP contribution in [0.25, 0.3) is 0 Å². The Bertz CT molecular complexity index is 294. The molecule has 0 fully saturated rings. The van der Waals surface area contributed by atoms with E-state index in [0.29, 0.717) is 6.42 Å². The summed E-state index contributed by atoms with van der Waals surface area (Å²) in [5, 5.41) is 9.46. The standard InChI is InChI=1S/C11H13ClO/c1-9(6-7-13)8-10-4-2-3-5-11(10)12/h2-5,13H,1,6-8H2. The molecule has 2 heteroatoms. The summed E-state index contributed by atoms with van der Waals surface area (Å²) in [6, 6.07) is 7.70. The molecule has 0 radical (unpaired) electrons. The molecular formula is C11H13ClO. The van der Waals surface area contributed by atoms with Crippen LogP contribution in [0.4, 0.5) is 0 Å². The summed E-state index contributed by atoms with van der Waals surface area (Å²) in [7, 11) is 0. The van der Waals surface area contributed by atoms with Gasteiger partial charge >= 0.3 is 0 Å². The molecule has 1 rings (SSSR count). The van der Waals surface area contributed by atoms with Gasteiger partial charge in [-0.2, -0.15) is 0 Å². The van der Waals surface area contributed by atoms with Gasteiger partial charge in [0.15, 0.2) is 0 Å². The third-order valence-electron chi connectivity index (χ3n) is 1.86. The summed E-state index contributed by atoms with van der Waals surface area (Å²) in [5.41, 5.74) is 2.08. The van der Waals surface area contributed by atoms with Crippen molar-refractivity contribution in [1.82, 2.24) is 0 Å². The van der Waals surface area contributed by atoms with E-state index in [4.69, 9.17) is 16.7 Å². The van der Waals surface area contributed by atoms with E-state index in [1.807, 2.05) is 24.3 Å². The number of hydrogen-bond acceptors (Lipinski definition) is 1. The van der Waals surface area contributed by atoms with Crippen molar-refractivity contribution in [3.05, 3.63) is 47.0 Å². The fraction of sp³-hybridized carbons (Fsp3) is 0.273. The maximum absolute atomic E-state index is 8.69. The number of hydrogen-bond donors (Lipinski definition) is 1. The van der Waals surface area contributed by atoms with Gasteiger partial charge < -0.3 is 5.11 Å². The van der Waals surface area contributed by atoms with E-state index in [-0.39, 0.29) is 6.61 Å². The Morgan fingerprint density at radius 3 is 2.69 bits per heavy atom. The van der Waals surface area contributed by atoms with Gasteiger partial charge in [-0.05, 0) is 24.5 Å². The largest absolute Gasteiger partial charge is 0.396 e. The Morgan fingerprint density at radius 2 is 2.08 bits per heavy atom.